The average molecular weight is 260 g/mol. The molecule has 6 heteroatoms. The molecule has 2 rings (SSSR count). The van der Waals surface area contributed by atoms with Crippen LogP contribution in [0.5, 0.6) is 0 Å². The Hall–Kier alpha value is -2.21. The fourth-order valence-electron chi connectivity index (χ4n) is 1.97. The molecule has 1 heterocycles. The van der Waals surface area contributed by atoms with Gasteiger partial charge in [-0.25, -0.2) is 14.5 Å². The number of aromatic nitrogens is 3. The molecule has 0 saturated heterocycles. The van der Waals surface area contributed by atoms with E-state index in [1.54, 1.807) is 38.1 Å². The van der Waals surface area contributed by atoms with Gasteiger partial charge < -0.3 is 10.8 Å². The van der Waals surface area contributed by atoms with Gasteiger partial charge in [0.25, 0.3) is 0 Å². The first-order valence-corrected chi connectivity index (χ1v) is 5.89. The highest BCUT2D eigenvalue weighted by molar-refractivity contribution is 5.80. The molecule has 1 aromatic carbocycles. The van der Waals surface area contributed by atoms with Gasteiger partial charge in [0.1, 0.15) is 11.6 Å². The van der Waals surface area contributed by atoms with Crippen molar-refractivity contribution in [2.45, 2.75) is 25.9 Å². The van der Waals surface area contributed by atoms with E-state index in [0.29, 0.717) is 17.2 Å². The van der Waals surface area contributed by atoms with Gasteiger partial charge in [-0.3, -0.25) is 0 Å². The van der Waals surface area contributed by atoms with Crippen LogP contribution in [0.4, 0.5) is 0 Å². The molecular weight excluding hydrogens is 244 g/mol. The Bertz CT molecular complexity index is 594. The molecule has 19 heavy (non-hydrogen) atoms. The van der Waals surface area contributed by atoms with Crippen molar-refractivity contribution in [1.29, 1.82) is 0 Å². The number of carbonyl (C=O) groups is 1. The summed E-state index contributed by atoms with van der Waals surface area (Å²) in [5.74, 6) is 0.147. The van der Waals surface area contributed by atoms with Gasteiger partial charge >= 0.3 is 5.97 Å². The summed E-state index contributed by atoms with van der Waals surface area (Å²) in [6.45, 7) is 3.57. The van der Waals surface area contributed by atoms with Gasteiger partial charge in [-0.1, -0.05) is 30.3 Å². The highest BCUT2D eigenvalue weighted by atomic mass is 16.4. The zero-order valence-electron chi connectivity index (χ0n) is 10.9. The Morgan fingerprint density at radius 3 is 2.47 bits per heavy atom. The topological polar surface area (TPSA) is 94.0 Å². The molecule has 0 radical (unpaired) electrons. The van der Waals surface area contributed by atoms with Gasteiger partial charge in [-0.15, -0.1) is 0 Å². The normalized spacial score (nSPS) is 14.1. The van der Waals surface area contributed by atoms with E-state index in [2.05, 4.69) is 10.1 Å². The van der Waals surface area contributed by atoms with Crippen molar-refractivity contribution in [1.82, 2.24) is 14.8 Å². The van der Waals surface area contributed by atoms with E-state index >= 15 is 0 Å². The highest BCUT2D eigenvalue weighted by Crippen LogP contribution is 2.21. The molecule has 0 fully saturated rings. The van der Waals surface area contributed by atoms with E-state index in [1.807, 2.05) is 6.07 Å². The van der Waals surface area contributed by atoms with Gasteiger partial charge in [0.05, 0.1) is 6.54 Å². The monoisotopic (exact) mass is 260 g/mol. The van der Waals surface area contributed by atoms with Crippen molar-refractivity contribution in [2.75, 3.05) is 0 Å². The van der Waals surface area contributed by atoms with E-state index in [0.717, 1.165) is 0 Å². The summed E-state index contributed by atoms with van der Waals surface area (Å²) in [6, 6.07) is 8.75. The fourth-order valence-corrected chi connectivity index (χ4v) is 1.97. The number of hydrogen-bond donors (Lipinski definition) is 2. The minimum atomic E-state index is -1.52. The Kier molecular flexibility index (Phi) is 3.35. The van der Waals surface area contributed by atoms with Gasteiger partial charge in [-0.2, -0.15) is 5.10 Å². The summed E-state index contributed by atoms with van der Waals surface area (Å²) < 4.78 is 1.52. The fraction of sp³-hybridized carbons (Fsp3) is 0.308. The molecule has 2 aromatic rings. The number of rotatable bonds is 4. The maximum absolute atomic E-state index is 11.6. The highest BCUT2D eigenvalue weighted by Gasteiger charge is 2.37. The van der Waals surface area contributed by atoms with Crippen molar-refractivity contribution >= 4 is 5.97 Å². The zero-order valence-corrected chi connectivity index (χ0v) is 10.9. The molecule has 1 aromatic heterocycles. The summed E-state index contributed by atoms with van der Waals surface area (Å²) in [6.07, 6.45) is 0. The molecule has 1 atom stereocenters. The molecule has 0 aliphatic heterocycles. The van der Waals surface area contributed by atoms with Crippen LogP contribution >= 0.6 is 0 Å². The predicted octanol–water partition coefficient (Wildman–Crippen LogP) is 0.834. The average Bonchev–Trinajstić information content (AvgIpc) is 2.68. The SMILES string of the molecule is Cc1nc(C)n(CC(N)(C(=O)O)c2ccccc2)n1. The molecule has 0 saturated carbocycles. The van der Waals surface area contributed by atoms with Gasteiger partial charge in [0.15, 0.2) is 5.54 Å². The summed E-state index contributed by atoms with van der Waals surface area (Å²) in [5, 5.41) is 13.6. The number of aryl methyl sites for hydroxylation is 2. The van der Waals surface area contributed by atoms with Crippen LogP contribution in [-0.2, 0) is 16.9 Å². The van der Waals surface area contributed by atoms with E-state index in [1.165, 1.54) is 4.68 Å². The minimum Gasteiger partial charge on any atom is -0.480 e. The van der Waals surface area contributed by atoms with Crippen LogP contribution in [-0.4, -0.2) is 25.8 Å². The molecule has 1 unspecified atom stereocenters. The van der Waals surface area contributed by atoms with Crippen molar-refractivity contribution in [3.8, 4) is 0 Å². The zero-order chi connectivity index (χ0) is 14.0. The molecule has 0 spiro atoms. The third-order valence-electron chi connectivity index (χ3n) is 3.03. The Balaban J connectivity index is 2.41. The number of benzene rings is 1. The Morgan fingerprint density at radius 2 is 2.00 bits per heavy atom. The first kappa shape index (κ1) is 13.2. The van der Waals surface area contributed by atoms with Crippen molar-refractivity contribution in [3.63, 3.8) is 0 Å². The maximum atomic E-state index is 11.6. The lowest BCUT2D eigenvalue weighted by molar-refractivity contribution is -0.144. The van der Waals surface area contributed by atoms with Crippen molar-refractivity contribution in [2.24, 2.45) is 5.73 Å². The standard InChI is InChI=1S/C13H16N4O2/c1-9-15-10(2)17(16-9)8-13(14,12(18)19)11-6-4-3-5-7-11/h3-7H,8,14H2,1-2H3,(H,18,19). The van der Waals surface area contributed by atoms with E-state index in [9.17, 15) is 9.90 Å². The number of nitrogens with zero attached hydrogens (tertiary/aromatic N) is 3. The molecule has 0 bridgehead atoms. The van der Waals surface area contributed by atoms with Gasteiger partial charge in [0, 0.05) is 0 Å². The Labute approximate surface area is 110 Å². The lowest BCUT2D eigenvalue weighted by atomic mass is 9.91. The van der Waals surface area contributed by atoms with Crippen LogP contribution in [0.3, 0.4) is 0 Å². The third kappa shape index (κ3) is 2.48. The van der Waals surface area contributed by atoms with Crippen LogP contribution in [0.25, 0.3) is 0 Å². The van der Waals surface area contributed by atoms with Crippen LogP contribution < -0.4 is 5.73 Å². The molecule has 0 aliphatic rings. The van der Waals surface area contributed by atoms with Crippen LogP contribution in [0, 0.1) is 13.8 Å². The minimum absolute atomic E-state index is 0.0407. The third-order valence-corrected chi connectivity index (χ3v) is 3.03. The second kappa shape index (κ2) is 4.81. The number of carboxylic acids is 1. The first-order valence-electron chi connectivity index (χ1n) is 5.89. The molecule has 3 N–H and O–H groups in total. The van der Waals surface area contributed by atoms with E-state index in [4.69, 9.17) is 5.73 Å². The van der Waals surface area contributed by atoms with E-state index in [-0.39, 0.29) is 6.54 Å². The van der Waals surface area contributed by atoms with E-state index < -0.39 is 11.5 Å². The molecule has 6 nitrogen and oxygen atoms in total. The molecule has 0 aliphatic carbocycles. The predicted molar refractivity (Wildman–Crippen MR) is 69.4 cm³/mol. The van der Waals surface area contributed by atoms with Crippen molar-refractivity contribution in [3.05, 3.63) is 47.5 Å². The number of aliphatic carboxylic acids is 1. The number of carboxylic acid groups (broad SMARTS) is 1. The second-order valence-electron chi connectivity index (χ2n) is 4.51. The second-order valence-corrected chi connectivity index (χ2v) is 4.51. The van der Waals surface area contributed by atoms with Crippen molar-refractivity contribution < 1.29 is 9.90 Å². The maximum Gasteiger partial charge on any atom is 0.330 e. The molecule has 0 amide bonds. The largest absolute Gasteiger partial charge is 0.480 e. The van der Waals surface area contributed by atoms with Crippen LogP contribution in [0.1, 0.15) is 17.2 Å². The Morgan fingerprint density at radius 1 is 1.37 bits per heavy atom. The first-order chi connectivity index (χ1) is 8.93. The van der Waals surface area contributed by atoms with Crippen LogP contribution in [0.15, 0.2) is 30.3 Å². The summed E-state index contributed by atoms with van der Waals surface area (Å²) in [4.78, 5) is 15.7. The number of nitrogens with two attached hydrogens (primary N) is 1. The van der Waals surface area contributed by atoms with Gasteiger partial charge in [0.2, 0.25) is 0 Å². The summed E-state index contributed by atoms with van der Waals surface area (Å²) in [5.41, 5.74) is 5.10. The molecular formula is C13H16N4O2. The van der Waals surface area contributed by atoms with Crippen LogP contribution in [0.2, 0.25) is 0 Å². The van der Waals surface area contributed by atoms with Gasteiger partial charge in [-0.05, 0) is 19.4 Å². The lowest BCUT2D eigenvalue weighted by Gasteiger charge is -2.25. The summed E-state index contributed by atoms with van der Waals surface area (Å²) >= 11 is 0. The number of hydrogen-bond acceptors (Lipinski definition) is 4. The molecule has 100 valence electrons. The smallest absolute Gasteiger partial charge is 0.330 e. The lowest BCUT2D eigenvalue weighted by Crippen LogP contribution is -2.48. The quantitative estimate of drug-likeness (QED) is 0.849. The summed E-state index contributed by atoms with van der Waals surface area (Å²) in [7, 11) is 0.